The largest absolute Gasteiger partial charge is 0.453 e. The summed E-state index contributed by atoms with van der Waals surface area (Å²) < 4.78 is 12.4. The van der Waals surface area contributed by atoms with Crippen molar-refractivity contribution in [2.24, 2.45) is 0 Å². The third kappa shape index (κ3) is 5.90. The molecular formula is C23H28N2O5. The smallest absolute Gasteiger partial charge is 0.355 e. The van der Waals surface area contributed by atoms with Gasteiger partial charge in [0.2, 0.25) is 11.7 Å². The summed E-state index contributed by atoms with van der Waals surface area (Å²) in [4.78, 5) is 36.7. The number of hydrogen-bond acceptors (Lipinski definition) is 5. The summed E-state index contributed by atoms with van der Waals surface area (Å²) in [7, 11) is 1.63. The average Bonchev–Trinajstić information content (AvgIpc) is 3.00. The van der Waals surface area contributed by atoms with Crippen LogP contribution < -0.4 is 5.32 Å². The van der Waals surface area contributed by atoms with Crippen LogP contribution in [-0.2, 0) is 19.1 Å². The summed E-state index contributed by atoms with van der Waals surface area (Å²) in [6.45, 7) is 7.17. The number of methoxy groups -OCH3 is 1. The van der Waals surface area contributed by atoms with Crippen LogP contribution in [0.15, 0.2) is 42.1 Å². The van der Waals surface area contributed by atoms with Crippen molar-refractivity contribution >= 4 is 23.7 Å². The lowest BCUT2D eigenvalue weighted by Gasteiger charge is -2.17. The number of Topliss-reactive ketones (excluding diaryl/α,β-unsaturated/α-hetero) is 1. The number of nitrogens with one attached hydrogen (secondary N) is 1. The number of hydrogen-bond donors (Lipinski definition) is 1. The molecule has 0 bridgehead atoms. The van der Waals surface area contributed by atoms with E-state index in [4.69, 9.17) is 9.47 Å². The van der Waals surface area contributed by atoms with Crippen molar-refractivity contribution in [1.82, 2.24) is 9.88 Å². The third-order valence-electron chi connectivity index (χ3n) is 4.61. The Hall–Kier alpha value is -3.19. The lowest BCUT2D eigenvalue weighted by Crippen LogP contribution is -2.27. The molecule has 1 atom stereocenters. The van der Waals surface area contributed by atoms with Crippen molar-refractivity contribution in [2.45, 2.75) is 33.7 Å². The molecule has 1 amide bonds. The van der Waals surface area contributed by atoms with Crippen LogP contribution in [-0.4, -0.2) is 42.6 Å². The molecule has 2 rings (SSSR count). The molecule has 30 heavy (non-hydrogen) atoms. The van der Waals surface area contributed by atoms with Gasteiger partial charge in [-0.05, 0) is 38.5 Å². The second-order valence-electron chi connectivity index (χ2n) is 7.11. The lowest BCUT2D eigenvalue weighted by molar-refractivity contribution is -0.139. The Bertz CT molecular complexity index is 944. The number of carbonyl (C=O) groups excluding carboxylic acids is 3. The van der Waals surface area contributed by atoms with Crippen LogP contribution in [0.4, 0.5) is 0 Å². The normalized spacial score (nSPS) is 12.4. The van der Waals surface area contributed by atoms with Gasteiger partial charge in [0, 0.05) is 31.0 Å². The first-order valence-corrected chi connectivity index (χ1v) is 9.66. The van der Waals surface area contributed by atoms with E-state index in [0.717, 1.165) is 17.0 Å². The Labute approximate surface area is 176 Å². The minimum absolute atomic E-state index is 0.0271. The maximum absolute atomic E-state index is 12.7. The number of benzene rings is 1. The number of carbonyl (C=O) groups is 3. The zero-order valence-electron chi connectivity index (χ0n) is 18.0. The average molecular weight is 412 g/mol. The van der Waals surface area contributed by atoms with Gasteiger partial charge < -0.3 is 19.4 Å². The predicted octanol–water partition coefficient (Wildman–Crippen LogP) is 3.22. The lowest BCUT2D eigenvalue weighted by atomic mass is 10.1. The van der Waals surface area contributed by atoms with E-state index in [9.17, 15) is 14.4 Å². The van der Waals surface area contributed by atoms with Crippen LogP contribution in [0, 0.1) is 13.8 Å². The molecule has 160 valence electrons. The highest BCUT2D eigenvalue weighted by atomic mass is 16.5. The predicted molar refractivity (Wildman–Crippen MR) is 114 cm³/mol. The monoisotopic (exact) mass is 412 g/mol. The fourth-order valence-corrected chi connectivity index (χ4v) is 3.39. The summed E-state index contributed by atoms with van der Waals surface area (Å²) in [5.41, 5.74) is 2.91. The number of ketones is 1. The molecule has 7 heteroatoms. The van der Waals surface area contributed by atoms with Gasteiger partial charge in [-0.15, -0.1) is 0 Å². The molecule has 0 saturated carbocycles. The van der Waals surface area contributed by atoms with Crippen LogP contribution in [0.1, 0.15) is 47.2 Å². The Morgan fingerprint density at radius 1 is 1.17 bits per heavy atom. The number of aryl methyl sites for hydroxylation is 1. The number of aromatic nitrogens is 1. The fourth-order valence-electron chi connectivity index (χ4n) is 3.39. The number of ether oxygens (including phenoxy) is 2. The van der Waals surface area contributed by atoms with Gasteiger partial charge in [-0.2, -0.15) is 0 Å². The highest BCUT2D eigenvalue weighted by molar-refractivity contribution is 6.02. The first-order chi connectivity index (χ1) is 14.2. The van der Waals surface area contributed by atoms with Gasteiger partial charge >= 0.3 is 5.97 Å². The zero-order valence-corrected chi connectivity index (χ0v) is 18.0. The van der Waals surface area contributed by atoms with Crippen LogP contribution in [0.3, 0.4) is 0 Å². The molecule has 2 aromatic rings. The van der Waals surface area contributed by atoms with Crippen LogP contribution in [0.5, 0.6) is 0 Å². The molecular weight excluding hydrogens is 384 g/mol. The summed E-state index contributed by atoms with van der Waals surface area (Å²) in [6, 6.07) is 10.9. The van der Waals surface area contributed by atoms with Crippen molar-refractivity contribution in [3.05, 3.63) is 64.6 Å². The van der Waals surface area contributed by atoms with Crippen LogP contribution >= 0.6 is 0 Å². The number of amides is 1. The Kier molecular flexibility index (Phi) is 8.12. The van der Waals surface area contributed by atoms with Gasteiger partial charge in [0.1, 0.15) is 5.70 Å². The summed E-state index contributed by atoms with van der Waals surface area (Å²) in [5.74, 6) is -1.49. The van der Waals surface area contributed by atoms with E-state index in [1.54, 1.807) is 25.3 Å². The van der Waals surface area contributed by atoms with E-state index in [0.29, 0.717) is 12.2 Å². The van der Waals surface area contributed by atoms with Crippen molar-refractivity contribution < 1.29 is 23.9 Å². The Morgan fingerprint density at radius 2 is 1.83 bits per heavy atom. The van der Waals surface area contributed by atoms with Crippen LogP contribution in [0.2, 0.25) is 0 Å². The Balaban J connectivity index is 2.14. The van der Waals surface area contributed by atoms with Gasteiger partial charge in [0.05, 0.1) is 12.6 Å². The van der Waals surface area contributed by atoms with E-state index in [-0.39, 0.29) is 17.5 Å². The maximum atomic E-state index is 12.7. The Morgan fingerprint density at radius 3 is 2.43 bits per heavy atom. The second-order valence-corrected chi connectivity index (χ2v) is 7.11. The molecule has 0 unspecified atom stereocenters. The molecule has 7 nitrogen and oxygen atoms in total. The standard InChI is InChI=1S/C23H28N2O5/c1-15-11-20(17(3)25(15)16(2)13-29-5)22(27)14-30-23(28)21(24-18(4)26)12-19-9-7-6-8-10-19/h6-12,16H,13-14H2,1-5H3,(H,24,26)/b21-12-/t16-/m1/s1. The van der Waals surface area contributed by atoms with Crippen molar-refractivity contribution in [3.63, 3.8) is 0 Å². The topological polar surface area (TPSA) is 86.6 Å². The minimum atomic E-state index is -0.774. The molecule has 1 aromatic heterocycles. The number of esters is 1. The molecule has 0 aliphatic carbocycles. The zero-order chi connectivity index (χ0) is 22.3. The summed E-state index contributed by atoms with van der Waals surface area (Å²) in [5, 5.41) is 2.46. The summed E-state index contributed by atoms with van der Waals surface area (Å²) in [6.07, 6.45) is 1.51. The van der Waals surface area contributed by atoms with Gasteiger partial charge in [0.25, 0.3) is 0 Å². The highest BCUT2D eigenvalue weighted by Gasteiger charge is 2.21. The SMILES string of the molecule is COC[C@@H](C)n1c(C)cc(C(=O)COC(=O)/C(=C/c2ccccc2)NC(C)=O)c1C. The van der Waals surface area contributed by atoms with Crippen molar-refractivity contribution in [1.29, 1.82) is 0 Å². The molecule has 0 fully saturated rings. The van der Waals surface area contributed by atoms with E-state index >= 15 is 0 Å². The van der Waals surface area contributed by atoms with Gasteiger partial charge in [-0.25, -0.2) is 4.79 Å². The molecule has 1 N–H and O–H groups in total. The molecule has 0 aliphatic heterocycles. The first-order valence-electron chi connectivity index (χ1n) is 9.66. The van der Waals surface area contributed by atoms with E-state index in [2.05, 4.69) is 5.32 Å². The van der Waals surface area contributed by atoms with E-state index in [1.165, 1.54) is 13.0 Å². The van der Waals surface area contributed by atoms with E-state index < -0.39 is 18.5 Å². The van der Waals surface area contributed by atoms with Gasteiger partial charge in [0.15, 0.2) is 6.61 Å². The molecule has 1 heterocycles. The molecule has 0 radical (unpaired) electrons. The third-order valence-corrected chi connectivity index (χ3v) is 4.61. The van der Waals surface area contributed by atoms with Gasteiger partial charge in [-0.3, -0.25) is 9.59 Å². The number of nitrogens with zero attached hydrogens (tertiary/aromatic N) is 1. The second kappa shape index (κ2) is 10.5. The fraction of sp³-hybridized carbons (Fsp3) is 0.348. The van der Waals surface area contributed by atoms with Crippen molar-refractivity contribution in [3.8, 4) is 0 Å². The molecule has 0 saturated heterocycles. The van der Waals surface area contributed by atoms with Crippen molar-refractivity contribution in [2.75, 3.05) is 20.3 Å². The summed E-state index contributed by atoms with van der Waals surface area (Å²) >= 11 is 0. The maximum Gasteiger partial charge on any atom is 0.355 e. The minimum Gasteiger partial charge on any atom is -0.453 e. The molecule has 1 aromatic carbocycles. The number of rotatable bonds is 9. The highest BCUT2D eigenvalue weighted by Crippen LogP contribution is 2.21. The van der Waals surface area contributed by atoms with Crippen LogP contribution in [0.25, 0.3) is 6.08 Å². The van der Waals surface area contributed by atoms with E-state index in [1.807, 2.05) is 43.5 Å². The quantitative estimate of drug-likeness (QED) is 0.388. The van der Waals surface area contributed by atoms with Gasteiger partial charge in [-0.1, -0.05) is 30.3 Å². The first kappa shape index (κ1) is 23.1. The molecule has 0 aliphatic rings. The molecule has 0 spiro atoms.